The molecular formula is C26H28Cl2F2N2O4S. The van der Waals surface area contributed by atoms with Gasteiger partial charge in [0, 0.05) is 37.7 Å². The number of carbonyl (C=O) groups is 1. The minimum absolute atomic E-state index is 0.0635. The van der Waals surface area contributed by atoms with E-state index < -0.39 is 18.1 Å². The summed E-state index contributed by atoms with van der Waals surface area (Å²) in [5.74, 6) is 1.69. The van der Waals surface area contributed by atoms with Crippen molar-refractivity contribution < 1.29 is 27.8 Å². The molecule has 2 aliphatic carbocycles. The Balaban J connectivity index is 1.42. The number of ether oxygens (including phenoxy) is 3. The lowest BCUT2D eigenvalue weighted by Gasteiger charge is -2.26. The van der Waals surface area contributed by atoms with Gasteiger partial charge in [-0.05, 0) is 60.8 Å². The van der Waals surface area contributed by atoms with Crippen molar-refractivity contribution in [3.63, 3.8) is 0 Å². The van der Waals surface area contributed by atoms with Gasteiger partial charge in [0.25, 0.3) is 0 Å². The lowest BCUT2D eigenvalue weighted by atomic mass is 10.0. The van der Waals surface area contributed by atoms with Crippen molar-refractivity contribution in [2.45, 2.75) is 50.2 Å². The zero-order chi connectivity index (χ0) is 25.9. The zero-order valence-corrected chi connectivity index (χ0v) is 22.4. The second-order valence-electron chi connectivity index (χ2n) is 9.71. The molecule has 5 rings (SSSR count). The van der Waals surface area contributed by atoms with Gasteiger partial charge in [0.2, 0.25) is 0 Å². The second kappa shape index (κ2) is 11.9. The van der Waals surface area contributed by atoms with E-state index in [0.717, 1.165) is 31.7 Å². The minimum atomic E-state index is -2.99. The highest BCUT2D eigenvalue weighted by Crippen LogP contribution is 2.39. The van der Waals surface area contributed by atoms with E-state index in [-0.39, 0.29) is 23.9 Å². The molecule has 37 heavy (non-hydrogen) atoms. The minimum Gasteiger partial charge on any atom is -0.489 e. The fourth-order valence-corrected chi connectivity index (χ4v) is 5.98. The molecule has 200 valence electrons. The fourth-order valence-electron chi connectivity index (χ4n) is 4.31. The molecule has 1 aliphatic heterocycles. The summed E-state index contributed by atoms with van der Waals surface area (Å²) in [6.45, 7) is -0.858. The molecule has 2 saturated carbocycles. The van der Waals surface area contributed by atoms with Gasteiger partial charge in [0.1, 0.15) is 6.10 Å². The predicted octanol–water partition coefficient (Wildman–Crippen LogP) is 6.39. The van der Waals surface area contributed by atoms with Crippen LogP contribution >= 0.6 is 35.0 Å². The van der Waals surface area contributed by atoms with Crippen LogP contribution in [0.3, 0.4) is 0 Å². The number of carbonyl (C=O) groups excluding carboxylic acids is 1. The van der Waals surface area contributed by atoms with Gasteiger partial charge in [-0.25, -0.2) is 4.79 Å². The first-order valence-corrected chi connectivity index (χ1v) is 14.2. The molecule has 2 aromatic rings. The Kier molecular flexibility index (Phi) is 8.63. The van der Waals surface area contributed by atoms with Crippen molar-refractivity contribution in [3.8, 4) is 11.5 Å². The van der Waals surface area contributed by atoms with Crippen LogP contribution in [0.5, 0.6) is 11.5 Å². The Morgan fingerprint density at radius 1 is 1.11 bits per heavy atom. The van der Waals surface area contributed by atoms with Gasteiger partial charge in [-0.2, -0.15) is 8.78 Å². The van der Waals surface area contributed by atoms with E-state index in [0.29, 0.717) is 39.6 Å². The summed E-state index contributed by atoms with van der Waals surface area (Å²) in [7, 11) is 0. The van der Waals surface area contributed by atoms with E-state index >= 15 is 0 Å². The first-order chi connectivity index (χ1) is 17.9. The maximum atomic E-state index is 13.4. The number of nitrogens with zero attached hydrogens (tertiary/aromatic N) is 2. The largest absolute Gasteiger partial charge is 0.489 e. The smallest absolute Gasteiger partial charge is 0.387 e. The first-order valence-electron chi connectivity index (χ1n) is 12.4. The van der Waals surface area contributed by atoms with Crippen LogP contribution < -0.4 is 9.47 Å². The Morgan fingerprint density at radius 3 is 2.51 bits per heavy atom. The lowest BCUT2D eigenvalue weighted by molar-refractivity contribution is -0.152. The average Bonchev–Trinajstić information content (AvgIpc) is 3.79. The Labute approximate surface area is 228 Å². The van der Waals surface area contributed by atoms with Crippen LogP contribution in [0.25, 0.3) is 0 Å². The first kappa shape index (κ1) is 26.8. The van der Waals surface area contributed by atoms with Crippen LogP contribution in [0.15, 0.2) is 30.6 Å². The summed E-state index contributed by atoms with van der Waals surface area (Å²) in [5.41, 5.74) is 1.15. The highest BCUT2D eigenvalue weighted by molar-refractivity contribution is 8.00. The third-order valence-corrected chi connectivity index (χ3v) is 8.58. The third kappa shape index (κ3) is 7.19. The lowest BCUT2D eigenvalue weighted by Crippen LogP contribution is -2.37. The molecule has 3 aliphatic rings. The molecular weight excluding hydrogens is 545 g/mol. The summed E-state index contributed by atoms with van der Waals surface area (Å²) in [5, 5.41) is 0.308. The number of thioether (sulfide) groups is 1. The van der Waals surface area contributed by atoms with Crippen LogP contribution in [0.2, 0.25) is 10.0 Å². The highest BCUT2D eigenvalue weighted by atomic mass is 35.5. The van der Waals surface area contributed by atoms with E-state index in [1.165, 1.54) is 31.3 Å². The molecule has 11 heteroatoms. The molecule has 0 bridgehead atoms. The fraction of sp³-hybridized carbons (Fsp3) is 0.538. The van der Waals surface area contributed by atoms with Gasteiger partial charge in [-0.15, -0.1) is 11.8 Å². The Hall–Kier alpha value is -1.81. The van der Waals surface area contributed by atoms with Crippen molar-refractivity contribution in [3.05, 3.63) is 51.8 Å². The molecule has 0 amide bonds. The summed E-state index contributed by atoms with van der Waals surface area (Å²) in [6, 6.07) is 4.63. The van der Waals surface area contributed by atoms with Crippen molar-refractivity contribution in [2.24, 2.45) is 11.8 Å². The molecule has 6 nitrogen and oxygen atoms in total. The molecule has 2 atom stereocenters. The van der Waals surface area contributed by atoms with Crippen LogP contribution in [-0.2, 0) is 16.0 Å². The van der Waals surface area contributed by atoms with E-state index in [4.69, 9.17) is 32.7 Å². The molecule has 0 radical (unpaired) electrons. The van der Waals surface area contributed by atoms with Gasteiger partial charge in [-0.1, -0.05) is 29.3 Å². The summed E-state index contributed by atoms with van der Waals surface area (Å²) < 4.78 is 42.7. The molecule has 2 unspecified atom stereocenters. The number of benzene rings is 1. The highest BCUT2D eigenvalue weighted by Gasteiger charge is 2.38. The van der Waals surface area contributed by atoms with Crippen molar-refractivity contribution in [1.82, 2.24) is 9.88 Å². The van der Waals surface area contributed by atoms with Crippen LogP contribution in [-0.4, -0.2) is 53.3 Å². The number of hydrogen-bond acceptors (Lipinski definition) is 7. The predicted molar refractivity (Wildman–Crippen MR) is 139 cm³/mol. The van der Waals surface area contributed by atoms with Gasteiger partial charge in [0.15, 0.2) is 16.9 Å². The number of aromatic nitrogens is 1. The molecule has 1 saturated heterocycles. The summed E-state index contributed by atoms with van der Waals surface area (Å²) >= 11 is 14.3. The van der Waals surface area contributed by atoms with E-state index in [2.05, 4.69) is 14.6 Å². The quantitative estimate of drug-likeness (QED) is 0.273. The molecule has 3 fully saturated rings. The SMILES string of the molecule is O=C(OC(Cc1c(Cl)cncc1Cl)c1ccc(OC(F)F)c(OCC2CC2)c1)C1SCCN1CC1CC1. The second-order valence-corrected chi connectivity index (χ2v) is 11.7. The van der Waals surface area contributed by atoms with Crippen LogP contribution in [0.1, 0.15) is 42.9 Å². The summed E-state index contributed by atoms with van der Waals surface area (Å²) in [6.07, 6.45) is 6.84. The van der Waals surface area contributed by atoms with Crippen molar-refractivity contribution >= 4 is 40.9 Å². The number of rotatable bonds is 12. The van der Waals surface area contributed by atoms with E-state index in [1.807, 2.05) is 0 Å². The van der Waals surface area contributed by atoms with Gasteiger partial charge in [-0.3, -0.25) is 9.88 Å². The van der Waals surface area contributed by atoms with Crippen LogP contribution in [0.4, 0.5) is 8.78 Å². The number of esters is 1. The normalized spacial score (nSPS) is 20.7. The Morgan fingerprint density at radius 2 is 1.84 bits per heavy atom. The standard InChI is InChI=1S/C26H28Cl2F2N2O4S/c27-19-11-31-12-20(28)18(19)10-22(35-25(33)24-32(7-8-37-24)13-15-1-2-15)17-5-6-21(36-26(29)30)23(9-17)34-14-16-3-4-16/h5-6,9,11-12,15-16,22,24,26H,1-4,7-8,10,13-14H2. The monoisotopic (exact) mass is 572 g/mol. The number of alkyl halides is 2. The zero-order valence-electron chi connectivity index (χ0n) is 20.1. The molecule has 0 spiro atoms. The number of hydrogen-bond donors (Lipinski definition) is 0. The van der Waals surface area contributed by atoms with Crippen molar-refractivity contribution in [1.29, 1.82) is 0 Å². The van der Waals surface area contributed by atoms with Crippen molar-refractivity contribution in [2.75, 3.05) is 25.4 Å². The molecule has 2 heterocycles. The molecule has 1 aromatic heterocycles. The van der Waals surface area contributed by atoms with Gasteiger partial charge in [0.05, 0.1) is 16.7 Å². The maximum Gasteiger partial charge on any atom is 0.387 e. The summed E-state index contributed by atoms with van der Waals surface area (Å²) in [4.78, 5) is 19.6. The van der Waals surface area contributed by atoms with E-state index in [9.17, 15) is 13.6 Å². The Bertz CT molecular complexity index is 1100. The van der Waals surface area contributed by atoms with Gasteiger partial charge >= 0.3 is 12.6 Å². The van der Waals surface area contributed by atoms with Crippen LogP contribution in [0, 0.1) is 11.8 Å². The topological polar surface area (TPSA) is 60.9 Å². The van der Waals surface area contributed by atoms with E-state index in [1.54, 1.807) is 23.9 Å². The third-order valence-electron chi connectivity index (χ3n) is 6.70. The van der Waals surface area contributed by atoms with Gasteiger partial charge < -0.3 is 14.2 Å². The maximum absolute atomic E-state index is 13.4. The molecule has 0 N–H and O–H groups in total. The average molecular weight is 573 g/mol. The molecule has 1 aromatic carbocycles. The number of halogens is 4. The number of pyridine rings is 1.